The van der Waals surface area contributed by atoms with Crippen molar-refractivity contribution in [3.8, 4) is 0 Å². The molecule has 0 spiro atoms. The Morgan fingerprint density at radius 3 is 2.21 bits per heavy atom. The highest BCUT2D eigenvalue weighted by atomic mass is 16.6. The summed E-state index contributed by atoms with van der Waals surface area (Å²) in [5, 5.41) is 5.90. The molecule has 2 aliphatic carbocycles. The summed E-state index contributed by atoms with van der Waals surface area (Å²) in [5.74, 6) is -0.407. The van der Waals surface area contributed by atoms with Crippen molar-refractivity contribution in [1.82, 2.24) is 15.5 Å². The molecule has 2 saturated carbocycles. The van der Waals surface area contributed by atoms with Crippen LogP contribution < -0.4 is 10.6 Å². The van der Waals surface area contributed by atoms with Crippen LogP contribution >= 0.6 is 0 Å². The van der Waals surface area contributed by atoms with Gasteiger partial charge in [0.05, 0.1) is 0 Å². The Morgan fingerprint density at radius 1 is 1.00 bits per heavy atom. The van der Waals surface area contributed by atoms with Crippen molar-refractivity contribution < 1.29 is 19.1 Å². The number of ether oxygens (including phenoxy) is 1. The summed E-state index contributed by atoms with van der Waals surface area (Å²) in [4.78, 5) is 41.4. The lowest BCUT2D eigenvalue weighted by molar-refractivity contribution is -0.143. The molecule has 3 rings (SSSR count). The van der Waals surface area contributed by atoms with Gasteiger partial charge < -0.3 is 20.3 Å². The van der Waals surface area contributed by atoms with Gasteiger partial charge in [0.25, 0.3) is 0 Å². The molecule has 1 aromatic carbocycles. The van der Waals surface area contributed by atoms with Gasteiger partial charge >= 0.3 is 6.09 Å². The predicted octanol–water partition coefficient (Wildman–Crippen LogP) is 4.70. The highest BCUT2D eigenvalue weighted by Crippen LogP contribution is 2.36. The molecule has 2 aliphatic rings. The van der Waals surface area contributed by atoms with Gasteiger partial charge in [0, 0.05) is 12.1 Å². The van der Waals surface area contributed by atoms with Crippen LogP contribution in [-0.4, -0.2) is 46.5 Å². The third-order valence-electron chi connectivity index (χ3n) is 6.62. The van der Waals surface area contributed by atoms with E-state index in [1.807, 2.05) is 32.0 Å². The van der Waals surface area contributed by atoms with Crippen molar-refractivity contribution in [2.75, 3.05) is 0 Å². The quantitative estimate of drug-likeness (QED) is 0.603. The third kappa shape index (κ3) is 6.97. The summed E-state index contributed by atoms with van der Waals surface area (Å²) in [7, 11) is 0. The van der Waals surface area contributed by atoms with Crippen molar-refractivity contribution in [2.24, 2.45) is 0 Å². The fraction of sp³-hybridized carbons (Fsp3) is 0.667. The molecule has 2 unspecified atom stereocenters. The molecule has 2 N–H and O–H groups in total. The maximum atomic E-state index is 13.7. The van der Waals surface area contributed by atoms with Crippen molar-refractivity contribution in [1.29, 1.82) is 0 Å². The summed E-state index contributed by atoms with van der Waals surface area (Å²) in [6.45, 7) is 11.0. The molecule has 0 radical (unpaired) electrons. The molecule has 3 amide bonds. The molecule has 2 atom stereocenters. The van der Waals surface area contributed by atoms with Gasteiger partial charge in [-0.2, -0.15) is 0 Å². The van der Waals surface area contributed by atoms with E-state index in [0.29, 0.717) is 0 Å². The standard InChI is InChI=1S/C27H41N3O4/c1-17-12-13-20(16-18(17)2)23(24(31)29-21-10-8-7-9-11-21)30(22-14-15-22)25(32)19(3)28-26(33)34-27(4,5)6/h12-13,16,19,21-23H,7-11,14-15H2,1-6H3,(H,28,33)(H,29,31). The van der Waals surface area contributed by atoms with Gasteiger partial charge in [-0.3, -0.25) is 9.59 Å². The lowest BCUT2D eigenvalue weighted by Gasteiger charge is -2.35. The maximum absolute atomic E-state index is 13.7. The zero-order valence-electron chi connectivity index (χ0n) is 21.6. The Hall–Kier alpha value is -2.57. The van der Waals surface area contributed by atoms with Gasteiger partial charge in [-0.05, 0) is 83.9 Å². The van der Waals surface area contributed by atoms with Crippen LogP contribution in [0.25, 0.3) is 0 Å². The number of alkyl carbamates (subject to hydrolysis) is 1. The van der Waals surface area contributed by atoms with E-state index in [2.05, 4.69) is 10.6 Å². The minimum Gasteiger partial charge on any atom is -0.444 e. The average molecular weight is 472 g/mol. The second kappa shape index (κ2) is 10.8. The largest absolute Gasteiger partial charge is 0.444 e. The number of amides is 3. The van der Waals surface area contributed by atoms with Crippen LogP contribution in [0.2, 0.25) is 0 Å². The van der Waals surface area contributed by atoms with Gasteiger partial charge in [-0.15, -0.1) is 0 Å². The molecule has 0 heterocycles. The van der Waals surface area contributed by atoms with E-state index in [0.717, 1.165) is 55.2 Å². The summed E-state index contributed by atoms with van der Waals surface area (Å²) in [6, 6.07) is 4.54. The lowest BCUT2D eigenvalue weighted by atomic mass is 9.94. The molecule has 34 heavy (non-hydrogen) atoms. The zero-order chi connectivity index (χ0) is 25.0. The monoisotopic (exact) mass is 471 g/mol. The van der Waals surface area contributed by atoms with Gasteiger partial charge in [0.1, 0.15) is 17.7 Å². The van der Waals surface area contributed by atoms with Crippen LogP contribution in [-0.2, 0) is 14.3 Å². The van der Waals surface area contributed by atoms with E-state index in [9.17, 15) is 14.4 Å². The number of rotatable bonds is 7. The molecule has 0 saturated heterocycles. The molecule has 0 aromatic heterocycles. The predicted molar refractivity (Wildman–Crippen MR) is 132 cm³/mol. The van der Waals surface area contributed by atoms with Crippen LogP contribution in [0.15, 0.2) is 18.2 Å². The van der Waals surface area contributed by atoms with E-state index in [4.69, 9.17) is 4.74 Å². The van der Waals surface area contributed by atoms with E-state index in [1.54, 1.807) is 32.6 Å². The average Bonchev–Trinajstić information content (AvgIpc) is 3.58. The first-order chi connectivity index (χ1) is 16.0. The number of carbonyl (C=O) groups is 3. The van der Waals surface area contributed by atoms with E-state index < -0.39 is 23.8 Å². The SMILES string of the molecule is Cc1ccc(C(C(=O)NC2CCCCC2)N(C(=O)C(C)NC(=O)OC(C)(C)C)C2CC2)cc1C. The normalized spacial score (nSPS) is 18.5. The highest BCUT2D eigenvalue weighted by Gasteiger charge is 2.43. The molecule has 188 valence electrons. The Bertz CT molecular complexity index is 898. The summed E-state index contributed by atoms with van der Waals surface area (Å²) < 4.78 is 5.34. The molecular formula is C27H41N3O4. The smallest absolute Gasteiger partial charge is 0.408 e. The third-order valence-corrected chi connectivity index (χ3v) is 6.62. The molecule has 0 bridgehead atoms. The molecular weight excluding hydrogens is 430 g/mol. The van der Waals surface area contributed by atoms with Crippen molar-refractivity contribution in [3.63, 3.8) is 0 Å². The number of nitrogens with one attached hydrogen (secondary N) is 2. The van der Waals surface area contributed by atoms with Crippen LogP contribution in [0.4, 0.5) is 4.79 Å². The summed E-state index contributed by atoms with van der Waals surface area (Å²) in [5.41, 5.74) is 2.36. The lowest BCUT2D eigenvalue weighted by Crippen LogP contribution is -2.53. The second-order valence-corrected chi connectivity index (χ2v) is 10.9. The molecule has 0 aliphatic heterocycles. The second-order valence-electron chi connectivity index (χ2n) is 10.9. The topological polar surface area (TPSA) is 87.7 Å². The number of nitrogens with zero attached hydrogens (tertiary/aromatic N) is 1. The minimum absolute atomic E-state index is 0.0147. The van der Waals surface area contributed by atoms with Crippen LogP contribution in [0.1, 0.15) is 95.4 Å². The zero-order valence-corrected chi connectivity index (χ0v) is 21.6. The van der Waals surface area contributed by atoms with Crippen LogP contribution in [0.3, 0.4) is 0 Å². The molecule has 7 heteroatoms. The fourth-order valence-corrected chi connectivity index (χ4v) is 4.54. The summed E-state index contributed by atoms with van der Waals surface area (Å²) >= 11 is 0. The summed E-state index contributed by atoms with van der Waals surface area (Å²) in [6.07, 6.45) is 6.43. The maximum Gasteiger partial charge on any atom is 0.408 e. The first-order valence-electron chi connectivity index (χ1n) is 12.7. The fourth-order valence-electron chi connectivity index (χ4n) is 4.54. The Morgan fingerprint density at radius 2 is 1.65 bits per heavy atom. The first-order valence-corrected chi connectivity index (χ1v) is 12.7. The van der Waals surface area contributed by atoms with E-state index >= 15 is 0 Å². The number of hydrogen-bond donors (Lipinski definition) is 2. The van der Waals surface area contributed by atoms with Crippen molar-refractivity contribution >= 4 is 17.9 Å². The number of aryl methyl sites for hydroxylation is 2. The van der Waals surface area contributed by atoms with Gasteiger partial charge in [-0.1, -0.05) is 37.5 Å². The first kappa shape index (κ1) is 26.0. The van der Waals surface area contributed by atoms with Gasteiger partial charge in [0.15, 0.2) is 0 Å². The van der Waals surface area contributed by atoms with Crippen LogP contribution in [0, 0.1) is 13.8 Å². The van der Waals surface area contributed by atoms with Crippen molar-refractivity contribution in [2.45, 2.75) is 116 Å². The number of benzene rings is 1. The van der Waals surface area contributed by atoms with Crippen LogP contribution in [0.5, 0.6) is 0 Å². The Kier molecular flexibility index (Phi) is 8.26. The molecule has 2 fully saturated rings. The Balaban J connectivity index is 1.87. The molecule has 1 aromatic rings. The number of hydrogen-bond acceptors (Lipinski definition) is 4. The minimum atomic E-state index is -0.813. The van der Waals surface area contributed by atoms with Crippen molar-refractivity contribution in [3.05, 3.63) is 34.9 Å². The molecule has 7 nitrogen and oxygen atoms in total. The highest BCUT2D eigenvalue weighted by molar-refractivity contribution is 5.92. The Labute approximate surface area is 204 Å². The van der Waals surface area contributed by atoms with Gasteiger partial charge in [0.2, 0.25) is 11.8 Å². The van der Waals surface area contributed by atoms with E-state index in [-0.39, 0.29) is 23.9 Å². The van der Waals surface area contributed by atoms with E-state index in [1.165, 1.54) is 6.42 Å². The van der Waals surface area contributed by atoms with Gasteiger partial charge in [-0.25, -0.2) is 4.79 Å². The number of carbonyl (C=O) groups excluding carboxylic acids is 3.